The lowest BCUT2D eigenvalue weighted by molar-refractivity contribution is 0.0620. The Morgan fingerprint density at radius 3 is 2.00 bits per heavy atom. The van der Waals surface area contributed by atoms with Crippen molar-refractivity contribution in [2.24, 2.45) is 23.3 Å². The summed E-state index contributed by atoms with van der Waals surface area (Å²) < 4.78 is 0. The molecule has 0 bridgehead atoms. The summed E-state index contributed by atoms with van der Waals surface area (Å²) in [4.78, 5) is 2.53. The smallest absolute Gasteiger partial charge is 0.0166 e. The molecule has 2 fully saturated rings. The van der Waals surface area contributed by atoms with Gasteiger partial charge in [-0.1, -0.05) is 12.2 Å². The minimum absolute atomic E-state index is 0.356. The van der Waals surface area contributed by atoms with E-state index in [4.69, 9.17) is 11.5 Å². The first-order valence-corrected chi connectivity index (χ1v) is 8.62. The molecule has 2 aliphatic rings. The van der Waals surface area contributed by atoms with Crippen molar-refractivity contribution in [1.29, 1.82) is 0 Å². The summed E-state index contributed by atoms with van der Waals surface area (Å²) in [6.07, 6.45) is 12.6. The van der Waals surface area contributed by atoms with Gasteiger partial charge in [0.15, 0.2) is 0 Å². The van der Waals surface area contributed by atoms with E-state index in [1.807, 2.05) is 12.2 Å². The van der Waals surface area contributed by atoms with Gasteiger partial charge in [-0.2, -0.15) is 0 Å². The molecule has 0 amide bonds. The average molecular weight is 291 g/mol. The van der Waals surface area contributed by atoms with Crippen LogP contribution in [0.3, 0.4) is 0 Å². The highest BCUT2D eigenvalue weighted by Crippen LogP contribution is 2.40. The van der Waals surface area contributed by atoms with Gasteiger partial charge in [-0.05, 0) is 56.8 Å². The molecule has 2 saturated carbocycles. The second-order valence-electron chi connectivity index (χ2n) is 7.01. The minimum Gasteiger partial charge on any atom is -0.328 e. The third kappa shape index (κ3) is 4.41. The summed E-state index contributed by atoms with van der Waals surface area (Å²) in [6, 6.07) is 1.38. The molecule has 0 radical (unpaired) electrons. The van der Waals surface area contributed by atoms with Gasteiger partial charge < -0.3 is 11.5 Å². The summed E-state index contributed by atoms with van der Waals surface area (Å²) in [7, 11) is 0. The fourth-order valence-corrected chi connectivity index (χ4v) is 4.42. The van der Waals surface area contributed by atoms with E-state index in [1.54, 1.807) is 0 Å². The highest BCUT2D eigenvalue weighted by molar-refractivity contribution is 4.96. The lowest BCUT2D eigenvalue weighted by atomic mass is 9.69. The van der Waals surface area contributed by atoms with Crippen molar-refractivity contribution in [2.75, 3.05) is 13.1 Å². The van der Waals surface area contributed by atoms with Crippen LogP contribution in [0.4, 0.5) is 0 Å². The van der Waals surface area contributed by atoms with Crippen LogP contribution in [-0.4, -0.2) is 36.1 Å². The third-order valence-electron chi connectivity index (χ3n) is 5.53. The number of nitrogens with zero attached hydrogens (tertiary/aromatic N) is 1. The molecule has 0 aromatic carbocycles. The summed E-state index contributed by atoms with van der Waals surface area (Å²) >= 11 is 0. The van der Waals surface area contributed by atoms with Crippen molar-refractivity contribution in [3.8, 4) is 0 Å². The summed E-state index contributed by atoms with van der Waals surface area (Å²) in [5.74, 6) is 1.61. The highest BCUT2D eigenvalue weighted by atomic mass is 15.2. The fraction of sp³-hybridized carbons (Fsp3) is 0.778. The molecular formula is C18H33N3. The van der Waals surface area contributed by atoms with Gasteiger partial charge >= 0.3 is 0 Å². The van der Waals surface area contributed by atoms with Crippen molar-refractivity contribution in [3.63, 3.8) is 0 Å². The Bertz CT molecular complexity index is 323. The maximum Gasteiger partial charge on any atom is 0.0166 e. The SMILES string of the molecule is C=CCN(CC=C)C1CC(N)CCC1C1CCC(N)CC1. The van der Waals surface area contributed by atoms with Gasteiger partial charge in [-0.25, -0.2) is 0 Å². The van der Waals surface area contributed by atoms with Crippen LogP contribution >= 0.6 is 0 Å². The van der Waals surface area contributed by atoms with Gasteiger partial charge in [0.25, 0.3) is 0 Å². The topological polar surface area (TPSA) is 55.3 Å². The van der Waals surface area contributed by atoms with Crippen LogP contribution < -0.4 is 11.5 Å². The molecule has 2 aliphatic carbocycles. The van der Waals surface area contributed by atoms with Gasteiger partial charge in [0.05, 0.1) is 0 Å². The first-order chi connectivity index (χ1) is 10.2. The van der Waals surface area contributed by atoms with Gasteiger partial charge in [-0.3, -0.25) is 4.90 Å². The first kappa shape index (κ1) is 16.7. The lowest BCUT2D eigenvalue weighted by Gasteiger charge is -2.46. The van der Waals surface area contributed by atoms with E-state index in [9.17, 15) is 0 Å². The Balaban J connectivity index is 2.07. The Morgan fingerprint density at radius 2 is 1.43 bits per heavy atom. The van der Waals surface area contributed by atoms with E-state index >= 15 is 0 Å². The molecular weight excluding hydrogens is 258 g/mol. The second-order valence-corrected chi connectivity index (χ2v) is 7.01. The van der Waals surface area contributed by atoms with Crippen molar-refractivity contribution in [2.45, 2.75) is 63.1 Å². The molecule has 0 aliphatic heterocycles. The quantitative estimate of drug-likeness (QED) is 0.740. The molecule has 120 valence electrons. The molecule has 2 rings (SSSR count). The molecule has 0 saturated heterocycles. The largest absolute Gasteiger partial charge is 0.328 e. The van der Waals surface area contributed by atoms with Crippen LogP contribution in [0.1, 0.15) is 44.9 Å². The second kappa shape index (κ2) is 8.11. The van der Waals surface area contributed by atoms with Crippen molar-refractivity contribution >= 4 is 0 Å². The van der Waals surface area contributed by atoms with Crippen LogP contribution in [-0.2, 0) is 0 Å². The monoisotopic (exact) mass is 291 g/mol. The van der Waals surface area contributed by atoms with Crippen LogP contribution in [0, 0.1) is 11.8 Å². The number of rotatable bonds is 6. The molecule has 0 heterocycles. The van der Waals surface area contributed by atoms with Crippen LogP contribution in [0.25, 0.3) is 0 Å². The van der Waals surface area contributed by atoms with Gasteiger partial charge in [0.2, 0.25) is 0 Å². The molecule has 0 aromatic heterocycles. The number of nitrogens with two attached hydrogens (primary N) is 2. The van der Waals surface area contributed by atoms with E-state index in [0.717, 1.165) is 31.3 Å². The van der Waals surface area contributed by atoms with E-state index in [-0.39, 0.29) is 0 Å². The first-order valence-electron chi connectivity index (χ1n) is 8.62. The van der Waals surface area contributed by atoms with Crippen LogP contribution in [0.15, 0.2) is 25.3 Å². The van der Waals surface area contributed by atoms with Gasteiger partial charge in [0.1, 0.15) is 0 Å². The average Bonchev–Trinajstić information content (AvgIpc) is 2.48. The molecule has 0 spiro atoms. The predicted molar refractivity (Wildman–Crippen MR) is 91.0 cm³/mol. The van der Waals surface area contributed by atoms with E-state index < -0.39 is 0 Å². The van der Waals surface area contributed by atoms with Crippen molar-refractivity contribution < 1.29 is 0 Å². The van der Waals surface area contributed by atoms with Gasteiger partial charge in [-0.15, -0.1) is 13.2 Å². The molecule has 3 unspecified atom stereocenters. The van der Waals surface area contributed by atoms with E-state index in [0.29, 0.717) is 18.1 Å². The highest BCUT2D eigenvalue weighted by Gasteiger charge is 2.38. The Hall–Kier alpha value is -0.640. The maximum absolute atomic E-state index is 6.27. The summed E-state index contributed by atoms with van der Waals surface area (Å²) in [6.45, 7) is 9.71. The predicted octanol–water partition coefficient (Wildman–Crippen LogP) is 2.67. The third-order valence-corrected chi connectivity index (χ3v) is 5.53. The lowest BCUT2D eigenvalue weighted by Crippen LogP contribution is -2.50. The summed E-state index contributed by atoms with van der Waals surface area (Å²) in [5, 5.41) is 0. The molecule has 21 heavy (non-hydrogen) atoms. The van der Waals surface area contributed by atoms with Gasteiger partial charge in [0, 0.05) is 31.2 Å². The molecule has 4 N–H and O–H groups in total. The molecule has 3 heteroatoms. The Labute approximate surface area is 130 Å². The van der Waals surface area contributed by atoms with Crippen molar-refractivity contribution in [1.82, 2.24) is 4.90 Å². The normalized spacial score (nSPS) is 37.4. The zero-order chi connectivity index (χ0) is 15.2. The Kier molecular flexibility index (Phi) is 6.46. The zero-order valence-electron chi connectivity index (χ0n) is 13.4. The van der Waals surface area contributed by atoms with E-state index in [1.165, 1.54) is 38.5 Å². The van der Waals surface area contributed by atoms with E-state index in [2.05, 4.69) is 18.1 Å². The molecule has 0 aromatic rings. The van der Waals surface area contributed by atoms with Crippen LogP contribution in [0.2, 0.25) is 0 Å². The molecule has 3 nitrogen and oxygen atoms in total. The maximum atomic E-state index is 6.27. The number of hydrogen-bond donors (Lipinski definition) is 2. The Morgan fingerprint density at radius 1 is 0.857 bits per heavy atom. The molecule has 3 atom stereocenters. The standard InChI is InChI=1S/C18H33N3/c1-3-11-21(12-4-2)18-13-16(20)9-10-17(18)14-5-7-15(19)8-6-14/h3-4,14-18H,1-2,5-13,19-20H2. The zero-order valence-corrected chi connectivity index (χ0v) is 13.4. The summed E-state index contributed by atoms with van der Waals surface area (Å²) in [5.41, 5.74) is 12.4. The minimum atomic E-state index is 0.356. The fourth-order valence-electron chi connectivity index (χ4n) is 4.42. The van der Waals surface area contributed by atoms with Crippen LogP contribution in [0.5, 0.6) is 0 Å². The van der Waals surface area contributed by atoms with Crippen molar-refractivity contribution in [3.05, 3.63) is 25.3 Å². The number of hydrogen-bond acceptors (Lipinski definition) is 3.